The lowest BCUT2D eigenvalue weighted by atomic mass is 9.99. The molecular formula is C11H13Cl2N3O. The molecule has 1 unspecified atom stereocenters. The van der Waals surface area contributed by atoms with Crippen LogP contribution in [0.15, 0.2) is 6.07 Å². The number of aromatic nitrogens is 2. The smallest absolute Gasteiger partial charge is 0.175 e. The maximum atomic E-state index is 11.6. The Balaban J connectivity index is 2.35. The number of hydrogen-bond donors (Lipinski definition) is 0. The molecule has 0 aromatic carbocycles. The van der Waals surface area contributed by atoms with Gasteiger partial charge in [0.25, 0.3) is 0 Å². The standard InChI is InChI=1S/C11H13Cl2N3O/c1-7(17)8-4-2-3-5-16(8)9-6-10(12)14-15-11(9)13/h6,8H,2-5H2,1H3. The van der Waals surface area contributed by atoms with E-state index in [1.165, 1.54) is 0 Å². The highest BCUT2D eigenvalue weighted by Crippen LogP contribution is 2.31. The van der Waals surface area contributed by atoms with Crippen LogP contribution in [0.25, 0.3) is 0 Å². The molecule has 2 heterocycles. The first-order valence-electron chi connectivity index (χ1n) is 5.55. The van der Waals surface area contributed by atoms with E-state index >= 15 is 0 Å². The molecule has 0 amide bonds. The van der Waals surface area contributed by atoms with Crippen molar-refractivity contribution in [3.63, 3.8) is 0 Å². The van der Waals surface area contributed by atoms with Gasteiger partial charge in [-0.1, -0.05) is 23.2 Å². The molecule has 1 aliphatic rings. The molecule has 1 saturated heterocycles. The van der Waals surface area contributed by atoms with Gasteiger partial charge in [0, 0.05) is 12.6 Å². The lowest BCUT2D eigenvalue weighted by Gasteiger charge is -2.36. The highest BCUT2D eigenvalue weighted by molar-refractivity contribution is 6.33. The fraction of sp³-hybridized carbons (Fsp3) is 0.545. The topological polar surface area (TPSA) is 46.1 Å². The lowest BCUT2D eigenvalue weighted by Crippen LogP contribution is -2.44. The highest BCUT2D eigenvalue weighted by atomic mass is 35.5. The van der Waals surface area contributed by atoms with Crippen molar-refractivity contribution in [3.05, 3.63) is 16.4 Å². The zero-order valence-corrected chi connectivity index (χ0v) is 11.0. The van der Waals surface area contributed by atoms with Gasteiger partial charge in [0.1, 0.15) is 0 Å². The van der Waals surface area contributed by atoms with Crippen molar-refractivity contribution in [1.29, 1.82) is 0 Å². The molecule has 0 saturated carbocycles. The minimum absolute atomic E-state index is 0.124. The third kappa shape index (κ3) is 2.69. The quantitative estimate of drug-likeness (QED) is 0.831. The van der Waals surface area contributed by atoms with Crippen molar-refractivity contribution in [2.45, 2.75) is 32.2 Å². The summed E-state index contributed by atoms with van der Waals surface area (Å²) in [5.41, 5.74) is 0.701. The van der Waals surface area contributed by atoms with Crippen molar-refractivity contribution in [2.75, 3.05) is 11.4 Å². The molecule has 0 radical (unpaired) electrons. The van der Waals surface area contributed by atoms with E-state index < -0.39 is 0 Å². The monoisotopic (exact) mass is 273 g/mol. The van der Waals surface area contributed by atoms with E-state index in [0.29, 0.717) is 10.8 Å². The molecule has 2 rings (SSSR count). The third-order valence-corrected chi connectivity index (χ3v) is 3.44. The maximum absolute atomic E-state index is 11.6. The van der Waals surface area contributed by atoms with Gasteiger partial charge in [0.05, 0.1) is 11.7 Å². The van der Waals surface area contributed by atoms with Crippen LogP contribution >= 0.6 is 23.2 Å². The first-order chi connectivity index (χ1) is 8.09. The number of Topliss-reactive ketones (excluding diaryl/α,β-unsaturated/α-hetero) is 1. The van der Waals surface area contributed by atoms with E-state index in [0.717, 1.165) is 25.8 Å². The number of halogens is 2. The van der Waals surface area contributed by atoms with E-state index in [2.05, 4.69) is 10.2 Å². The highest BCUT2D eigenvalue weighted by Gasteiger charge is 2.28. The molecule has 92 valence electrons. The lowest BCUT2D eigenvalue weighted by molar-refractivity contribution is -0.118. The average Bonchev–Trinajstić information content (AvgIpc) is 2.32. The van der Waals surface area contributed by atoms with E-state index in [4.69, 9.17) is 23.2 Å². The van der Waals surface area contributed by atoms with E-state index in [1.807, 2.05) is 4.90 Å². The van der Waals surface area contributed by atoms with Crippen molar-refractivity contribution in [3.8, 4) is 0 Å². The molecule has 0 spiro atoms. The second-order valence-electron chi connectivity index (χ2n) is 4.16. The minimum Gasteiger partial charge on any atom is -0.359 e. The summed E-state index contributed by atoms with van der Waals surface area (Å²) in [5, 5.41) is 8.04. The molecule has 17 heavy (non-hydrogen) atoms. The van der Waals surface area contributed by atoms with Gasteiger partial charge in [-0.25, -0.2) is 0 Å². The van der Waals surface area contributed by atoms with Crippen LogP contribution in [-0.4, -0.2) is 28.6 Å². The van der Waals surface area contributed by atoms with Crippen LogP contribution in [0.1, 0.15) is 26.2 Å². The van der Waals surface area contributed by atoms with Crippen molar-refractivity contribution in [1.82, 2.24) is 10.2 Å². The van der Waals surface area contributed by atoms with Gasteiger partial charge >= 0.3 is 0 Å². The van der Waals surface area contributed by atoms with Gasteiger partial charge in [0.2, 0.25) is 0 Å². The molecule has 1 aromatic heterocycles. The molecule has 0 N–H and O–H groups in total. The van der Waals surface area contributed by atoms with Crippen LogP contribution in [0.3, 0.4) is 0 Å². The van der Waals surface area contributed by atoms with Crippen LogP contribution in [-0.2, 0) is 4.79 Å². The van der Waals surface area contributed by atoms with Crippen LogP contribution in [0, 0.1) is 0 Å². The Bertz CT molecular complexity index is 439. The summed E-state index contributed by atoms with van der Waals surface area (Å²) in [4.78, 5) is 13.6. The SMILES string of the molecule is CC(=O)C1CCCCN1c1cc(Cl)nnc1Cl. The summed E-state index contributed by atoms with van der Waals surface area (Å²) in [6.07, 6.45) is 2.95. The van der Waals surface area contributed by atoms with Gasteiger partial charge in [-0.15, -0.1) is 10.2 Å². The Morgan fingerprint density at radius 2 is 2.18 bits per heavy atom. The first kappa shape index (κ1) is 12.6. The Labute approximate surface area is 110 Å². The van der Waals surface area contributed by atoms with Gasteiger partial charge in [0.15, 0.2) is 16.1 Å². The minimum atomic E-state index is -0.124. The summed E-state index contributed by atoms with van der Waals surface area (Å²) in [5.74, 6) is 0.147. The van der Waals surface area contributed by atoms with Crippen LogP contribution in [0.5, 0.6) is 0 Å². The largest absolute Gasteiger partial charge is 0.359 e. The molecular weight excluding hydrogens is 261 g/mol. The predicted molar refractivity (Wildman–Crippen MR) is 67.7 cm³/mol. The van der Waals surface area contributed by atoms with Gasteiger partial charge in [-0.05, 0) is 26.2 Å². The van der Waals surface area contributed by atoms with Crippen molar-refractivity contribution in [2.24, 2.45) is 0 Å². The molecule has 4 nitrogen and oxygen atoms in total. The Kier molecular flexibility index (Phi) is 3.84. The van der Waals surface area contributed by atoms with E-state index in [-0.39, 0.29) is 17.0 Å². The number of ketones is 1. The molecule has 1 aromatic rings. The Hall–Kier alpha value is -0.870. The summed E-state index contributed by atoms with van der Waals surface area (Å²) in [7, 11) is 0. The number of carbonyl (C=O) groups excluding carboxylic acids is 1. The van der Waals surface area contributed by atoms with Crippen molar-refractivity contribution >= 4 is 34.7 Å². The number of carbonyl (C=O) groups is 1. The fourth-order valence-electron chi connectivity index (χ4n) is 2.19. The molecule has 0 bridgehead atoms. The second kappa shape index (κ2) is 5.19. The van der Waals surface area contributed by atoms with Crippen molar-refractivity contribution < 1.29 is 4.79 Å². The molecule has 1 fully saturated rings. The summed E-state index contributed by atoms with van der Waals surface area (Å²) < 4.78 is 0. The molecule has 6 heteroatoms. The Morgan fingerprint density at radius 1 is 1.41 bits per heavy atom. The number of rotatable bonds is 2. The summed E-state index contributed by atoms with van der Waals surface area (Å²) in [6.45, 7) is 2.40. The van der Waals surface area contributed by atoms with Gasteiger partial charge in [-0.2, -0.15) is 0 Å². The first-order valence-corrected chi connectivity index (χ1v) is 6.31. The number of anilines is 1. The molecule has 1 aliphatic heterocycles. The molecule has 0 aliphatic carbocycles. The Morgan fingerprint density at radius 3 is 2.88 bits per heavy atom. The van der Waals surface area contributed by atoms with E-state index in [1.54, 1.807) is 13.0 Å². The summed E-state index contributed by atoms with van der Waals surface area (Å²) in [6, 6.07) is 1.54. The number of nitrogens with zero attached hydrogens (tertiary/aromatic N) is 3. The average molecular weight is 274 g/mol. The molecule has 1 atom stereocenters. The zero-order chi connectivity index (χ0) is 12.4. The van der Waals surface area contributed by atoms with Gasteiger partial charge in [-0.3, -0.25) is 4.79 Å². The fourth-order valence-corrected chi connectivity index (χ4v) is 2.53. The maximum Gasteiger partial charge on any atom is 0.175 e. The predicted octanol–water partition coefficient (Wildman–Crippen LogP) is 2.73. The van der Waals surface area contributed by atoms with Gasteiger partial charge < -0.3 is 4.90 Å². The van der Waals surface area contributed by atoms with Crippen LogP contribution < -0.4 is 4.90 Å². The second-order valence-corrected chi connectivity index (χ2v) is 4.90. The van der Waals surface area contributed by atoms with Crippen LogP contribution in [0.2, 0.25) is 10.3 Å². The van der Waals surface area contributed by atoms with Crippen LogP contribution in [0.4, 0.5) is 5.69 Å². The number of piperidine rings is 1. The van der Waals surface area contributed by atoms with E-state index in [9.17, 15) is 4.79 Å². The summed E-state index contributed by atoms with van der Waals surface area (Å²) >= 11 is 11.8. The zero-order valence-electron chi connectivity index (χ0n) is 9.49. The normalized spacial score (nSPS) is 20.4. The number of hydrogen-bond acceptors (Lipinski definition) is 4. The third-order valence-electron chi connectivity index (χ3n) is 2.98.